The van der Waals surface area contributed by atoms with Gasteiger partial charge in [-0.1, -0.05) is 48.0 Å². The van der Waals surface area contributed by atoms with Crippen molar-refractivity contribution in [2.75, 3.05) is 10.6 Å². The lowest BCUT2D eigenvalue weighted by atomic mass is 10.1. The Morgan fingerprint density at radius 3 is 2.50 bits per heavy atom. The summed E-state index contributed by atoms with van der Waals surface area (Å²) in [6, 6.07) is 19.2. The van der Waals surface area contributed by atoms with Crippen molar-refractivity contribution in [2.24, 2.45) is 0 Å². The Balaban J connectivity index is 1.65. The second-order valence-electron chi connectivity index (χ2n) is 5.45. The van der Waals surface area contributed by atoms with Gasteiger partial charge in [-0.3, -0.25) is 4.79 Å². The number of aromatic nitrogens is 2. The van der Waals surface area contributed by atoms with E-state index in [4.69, 9.17) is 0 Å². The van der Waals surface area contributed by atoms with Crippen molar-refractivity contribution in [3.8, 4) is 0 Å². The molecule has 120 valence electrons. The van der Waals surface area contributed by atoms with Gasteiger partial charge in [-0.2, -0.15) is 0 Å². The molecule has 3 rings (SSSR count). The minimum Gasteiger partial charge on any atom is -0.366 e. The summed E-state index contributed by atoms with van der Waals surface area (Å²) in [4.78, 5) is 20.4. The Morgan fingerprint density at radius 2 is 1.75 bits per heavy atom. The van der Waals surface area contributed by atoms with Gasteiger partial charge in [0, 0.05) is 18.3 Å². The molecule has 2 aromatic carbocycles. The van der Waals surface area contributed by atoms with Gasteiger partial charge in [0.15, 0.2) is 0 Å². The van der Waals surface area contributed by atoms with Crippen molar-refractivity contribution in [2.45, 2.75) is 13.5 Å². The summed E-state index contributed by atoms with van der Waals surface area (Å²) in [5.41, 5.74) is 3.42. The van der Waals surface area contributed by atoms with Gasteiger partial charge < -0.3 is 10.6 Å². The van der Waals surface area contributed by atoms with E-state index in [1.165, 1.54) is 11.9 Å². The van der Waals surface area contributed by atoms with Crippen LogP contribution < -0.4 is 10.6 Å². The number of amides is 1. The number of carbonyl (C=O) groups is 1. The summed E-state index contributed by atoms with van der Waals surface area (Å²) in [5.74, 6) is 0.353. The Morgan fingerprint density at radius 1 is 1.00 bits per heavy atom. The maximum absolute atomic E-state index is 12.2. The Bertz CT molecular complexity index is 816. The van der Waals surface area contributed by atoms with Crippen LogP contribution in [0.5, 0.6) is 0 Å². The minimum atomic E-state index is -0.262. The first-order valence-electron chi connectivity index (χ1n) is 7.68. The lowest BCUT2D eigenvalue weighted by Gasteiger charge is -2.08. The third-order valence-electron chi connectivity index (χ3n) is 3.53. The van der Waals surface area contributed by atoms with E-state index >= 15 is 0 Å². The maximum Gasteiger partial charge on any atom is 0.274 e. The normalized spacial score (nSPS) is 10.2. The monoisotopic (exact) mass is 318 g/mol. The van der Waals surface area contributed by atoms with Crippen LogP contribution in [0.25, 0.3) is 0 Å². The van der Waals surface area contributed by atoms with Crippen molar-refractivity contribution in [3.63, 3.8) is 0 Å². The fourth-order valence-corrected chi connectivity index (χ4v) is 2.19. The molecular weight excluding hydrogens is 300 g/mol. The van der Waals surface area contributed by atoms with Gasteiger partial charge in [0.05, 0.1) is 0 Å². The molecule has 1 amide bonds. The molecule has 1 aromatic heterocycles. The highest BCUT2D eigenvalue weighted by molar-refractivity contribution is 6.03. The SMILES string of the molecule is Cc1ccc(CNc2cc(C(=O)Nc3ccccc3)ncn2)cc1. The lowest BCUT2D eigenvalue weighted by molar-refractivity contribution is 0.102. The molecule has 0 saturated heterocycles. The van der Waals surface area contributed by atoms with Gasteiger partial charge in [0.2, 0.25) is 0 Å². The molecule has 1 heterocycles. The first-order chi connectivity index (χ1) is 11.7. The largest absolute Gasteiger partial charge is 0.366 e. The van der Waals surface area contributed by atoms with Crippen molar-refractivity contribution in [1.82, 2.24) is 9.97 Å². The summed E-state index contributed by atoms with van der Waals surface area (Å²) in [6.07, 6.45) is 1.39. The van der Waals surface area contributed by atoms with E-state index in [0.717, 1.165) is 11.3 Å². The van der Waals surface area contributed by atoms with Gasteiger partial charge in [-0.25, -0.2) is 9.97 Å². The molecule has 3 aromatic rings. The van der Waals surface area contributed by atoms with E-state index in [-0.39, 0.29) is 5.91 Å². The summed E-state index contributed by atoms with van der Waals surface area (Å²) in [5, 5.41) is 6.02. The molecular formula is C19H18N4O. The fraction of sp³-hybridized carbons (Fsp3) is 0.105. The van der Waals surface area contributed by atoms with Gasteiger partial charge in [-0.05, 0) is 24.6 Å². The number of anilines is 2. The topological polar surface area (TPSA) is 66.9 Å². The van der Waals surface area contributed by atoms with Gasteiger partial charge >= 0.3 is 0 Å². The zero-order valence-electron chi connectivity index (χ0n) is 13.4. The van der Waals surface area contributed by atoms with E-state index in [1.54, 1.807) is 6.07 Å². The third kappa shape index (κ3) is 4.16. The molecule has 0 atom stereocenters. The van der Waals surface area contributed by atoms with Crippen LogP contribution in [0, 0.1) is 6.92 Å². The highest BCUT2D eigenvalue weighted by Crippen LogP contribution is 2.11. The van der Waals surface area contributed by atoms with Gasteiger partial charge in [0.1, 0.15) is 17.8 Å². The van der Waals surface area contributed by atoms with E-state index in [2.05, 4.69) is 51.8 Å². The van der Waals surface area contributed by atoms with E-state index in [0.29, 0.717) is 18.1 Å². The molecule has 0 aliphatic carbocycles. The number of benzene rings is 2. The summed E-state index contributed by atoms with van der Waals surface area (Å²) in [6.45, 7) is 2.69. The molecule has 0 saturated carbocycles. The van der Waals surface area contributed by atoms with Crippen LogP contribution in [0.1, 0.15) is 21.6 Å². The van der Waals surface area contributed by atoms with Crippen LogP contribution in [-0.4, -0.2) is 15.9 Å². The molecule has 0 unspecified atom stereocenters. The standard InChI is InChI=1S/C19H18N4O/c1-14-7-9-15(10-8-14)12-20-18-11-17(21-13-22-18)19(24)23-16-5-3-2-4-6-16/h2-11,13H,12H2,1H3,(H,23,24)(H,20,21,22). The van der Waals surface area contributed by atoms with Crippen molar-refractivity contribution in [3.05, 3.63) is 83.8 Å². The zero-order valence-corrected chi connectivity index (χ0v) is 13.4. The number of carbonyl (C=O) groups excluding carboxylic acids is 1. The second-order valence-corrected chi connectivity index (χ2v) is 5.45. The molecule has 0 radical (unpaired) electrons. The van der Waals surface area contributed by atoms with Crippen molar-refractivity contribution >= 4 is 17.4 Å². The van der Waals surface area contributed by atoms with Crippen LogP contribution in [0.2, 0.25) is 0 Å². The Hall–Kier alpha value is -3.21. The first-order valence-corrected chi connectivity index (χ1v) is 7.68. The lowest BCUT2D eigenvalue weighted by Crippen LogP contribution is -2.14. The van der Waals surface area contributed by atoms with Crippen LogP contribution in [0.4, 0.5) is 11.5 Å². The first kappa shape index (κ1) is 15.7. The van der Waals surface area contributed by atoms with E-state index in [1.807, 2.05) is 30.3 Å². The average molecular weight is 318 g/mol. The minimum absolute atomic E-state index is 0.262. The number of nitrogens with zero attached hydrogens (tertiary/aromatic N) is 2. The molecule has 0 spiro atoms. The van der Waals surface area contributed by atoms with E-state index < -0.39 is 0 Å². The van der Waals surface area contributed by atoms with Crippen LogP contribution >= 0.6 is 0 Å². The number of rotatable bonds is 5. The predicted molar refractivity (Wildman–Crippen MR) is 94.9 cm³/mol. The van der Waals surface area contributed by atoms with Gasteiger partial charge in [-0.15, -0.1) is 0 Å². The molecule has 0 aliphatic rings. The molecule has 24 heavy (non-hydrogen) atoms. The molecule has 0 fully saturated rings. The molecule has 0 bridgehead atoms. The highest BCUT2D eigenvalue weighted by atomic mass is 16.1. The van der Waals surface area contributed by atoms with Crippen LogP contribution in [-0.2, 0) is 6.54 Å². The number of hydrogen-bond donors (Lipinski definition) is 2. The fourth-order valence-electron chi connectivity index (χ4n) is 2.19. The Labute approximate surface area is 140 Å². The quantitative estimate of drug-likeness (QED) is 0.753. The molecule has 2 N–H and O–H groups in total. The smallest absolute Gasteiger partial charge is 0.274 e. The Kier molecular flexibility index (Phi) is 4.81. The summed E-state index contributed by atoms with van der Waals surface area (Å²) < 4.78 is 0. The molecule has 5 nitrogen and oxygen atoms in total. The zero-order chi connectivity index (χ0) is 16.8. The highest BCUT2D eigenvalue weighted by Gasteiger charge is 2.09. The molecule has 0 aliphatic heterocycles. The number of para-hydroxylation sites is 1. The second kappa shape index (κ2) is 7.37. The van der Waals surface area contributed by atoms with Crippen molar-refractivity contribution < 1.29 is 4.79 Å². The number of hydrogen-bond acceptors (Lipinski definition) is 4. The number of aryl methyl sites for hydroxylation is 1. The van der Waals surface area contributed by atoms with E-state index in [9.17, 15) is 4.79 Å². The third-order valence-corrected chi connectivity index (χ3v) is 3.53. The van der Waals surface area contributed by atoms with Crippen LogP contribution in [0.15, 0.2) is 67.0 Å². The summed E-state index contributed by atoms with van der Waals surface area (Å²) in [7, 11) is 0. The average Bonchev–Trinajstić information content (AvgIpc) is 2.62. The van der Waals surface area contributed by atoms with Gasteiger partial charge in [0.25, 0.3) is 5.91 Å². The predicted octanol–water partition coefficient (Wildman–Crippen LogP) is 3.65. The summed E-state index contributed by atoms with van der Waals surface area (Å²) >= 11 is 0. The van der Waals surface area contributed by atoms with Crippen molar-refractivity contribution in [1.29, 1.82) is 0 Å². The van der Waals surface area contributed by atoms with Crippen LogP contribution in [0.3, 0.4) is 0 Å². The number of nitrogens with one attached hydrogen (secondary N) is 2. The maximum atomic E-state index is 12.2. The molecule has 5 heteroatoms.